The van der Waals surface area contributed by atoms with E-state index in [4.69, 9.17) is 0 Å². The summed E-state index contributed by atoms with van der Waals surface area (Å²) in [5.74, 6) is -0.0270. The van der Waals surface area contributed by atoms with Gasteiger partial charge < -0.3 is 5.32 Å². The molecule has 21 heavy (non-hydrogen) atoms. The Kier molecular flexibility index (Phi) is 5.50. The van der Waals surface area contributed by atoms with Crippen LogP contribution in [0.3, 0.4) is 0 Å². The number of anilines is 1. The third-order valence-electron chi connectivity index (χ3n) is 2.92. The molecule has 0 radical (unpaired) electrons. The summed E-state index contributed by atoms with van der Waals surface area (Å²) in [6, 6.07) is 15.6. The Morgan fingerprint density at radius 3 is 2.62 bits per heavy atom. The molecule has 0 fully saturated rings. The van der Waals surface area contributed by atoms with E-state index in [-0.39, 0.29) is 22.9 Å². The summed E-state index contributed by atoms with van der Waals surface area (Å²) in [7, 11) is 0. The van der Waals surface area contributed by atoms with Crippen LogP contribution < -0.4 is 9.88 Å². The van der Waals surface area contributed by atoms with Gasteiger partial charge in [0.25, 0.3) is 5.91 Å². The van der Waals surface area contributed by atoms with Crippen molar-refractivity contribution in [3.63, 3.8) is 0 Å². The van der Waals surface area contributed by atoms with Crippen molar-refractivity contribution in [2.45, 2.75) is 6.54 Å². The lowest BCUT2D eigenvalue weighted by Gasteiger charge is -2.02. The van der Waals surface area contributed by atoms with Crippen molar-refractivity contribution in [2.24, 2.45) is 0 Å². The molecule has 0 aliphatic rings. The molecule has 0 aliphatic carbocycles. The lowest BCUT2D eigenvalue weighted by Crippen LogP contribution is -2.38. The van der Waals surface area contributed by atoms with Crippen LogP contribution in [0.15, 0.2) is 58.5 Å². The number of halogens is 2. The van der Waals surface area contributed by atoms with E-state index in [0.717, 1.165) is 15.7 Å². The van der Waals surface area contributed by atoms with Gasteiger partial charge in [0.05, 0.1) is 0 Å². The molecule has 1 amide bonds. The van der Waals surface area contributed by atoms with Gasteiger partial charge in [-0.1, -0.05) is 39.4 Å². The zero-order chi connectivity index (χ0) is 13.9. The van der Waals surface area contributed by atoms with E-state index < -0.39 is 0 Å². The number of carbonyl (C=O) groups excluding carboxylic acids is 1. The van der Waals surface area contributed by atoms with Crippen LogP contribution in [0, 0.1) is 0 Å². The molecule has 0 saturated carbocycles. The molecule has 3 aromatic rings. The minimum Gasteiger partial charge on any atom is -0.321 e. The molecule has 0 bridgehead atoms. The number of nitrogens with one attached hydrogen (secondary N) is 1. The molecule has 0 spiro atoms. The van der Waals surface area contributed by atoms with Crippen molar-refractivity contribution in [1.29, 1.82) is 0 Å². The standard InChI is InChI=1S/C15H11BrN2OS.BrH/c16-11-5-7-12(8-6-11)17-15(19)9-18-10-20-14-4-2-1-3-13(14)18;/h1-8,10H,9H2;1H/p+1. The van der Waals surface area contributed by atoms with Gasteiger partial charge in [-0.05, 0) is 30.3 Å². The Labute approximate surface area is 145 Å². The van der Waals surface area contributed by atoms with E-state index in [9.17, 15) is 4.79 Å². The first kappa shape index (κ1) is 16.1. The van der Waals surface area contributed by atoms with Gasteiger partial charge in [0.2, 0.25) is 17.6 Å². The normalized spacial score (nSPS) is 10.1. The van der Waals surface area contributed by atoms with Crippen LogP contribution >= 0.6 is 44.2 Å². The topological polar surface area (TPSA) is 33.0 Å². The SMILES string of the molecule is Br.O=C(C[n+]1csc2ccccc21)Nc1ccc(Br)cc1. The summed E-state index contributed by atoms with van der Waals surface area (Å²) in [6.07, 6.45) is 0. The Morgan fingerprint density at radius 1 is 1.14 bits per heavy atom. The maximum atomic E-state index is 12.1. The number of rotatable bonds is 3. The number of nitrogens with zero attached hydrogens (tertiary/aromatic N) is 1. The Hall–Kier alpha value is -1.24. The van der Waals surface area contributed by atoms with Gasteiger partial charge in [-0.25, -0.2) is 0 Å². The second kappa shape index (κ2) is 7.15. The number of benzene rings is 2. The van der Waals surface area contributed by atoms with E-state index in [0.29, 0.717) is 6.54 Å². The first-order valence-electron chi connectivity index (χ1n) is 6.13. The fraction of sp³-hybridized carbons (Fsp3) is 0.0667. The van der Waals surface area contributed by atoms with Crippen LogP contribution in [0.4, 0.5) is 5.69 Å². The predicted octanol–water partition coefficient (Wildman–Crippen LogP) is 4.17. The van der Waals surface area contributed by atoms with E-state index in [2.05, 4.69) is 27.3 Å². The molecule has 3 rings (SSSR count). The Morgan fingerprint density at radius 2 is 1.86 bits per heavy atom. The molecule has 1 heterocycles. The van der Waals surface area contributed by atoms with Crippen molar-refractivity contribution in [2.75, 3.05) is 5.32 Å². The second-order valence-electron chi connectivity index (χ2n) is 4.37. The Balaban J connectivity index is 0.00000161. The van der Waals surface area contributed by atoms with Gasteiger partial charge >= 0.3 is 0 Å². The number of hydrogen-bond acceptors (Lipinski definition) is 2. The van der Waals surface area contributed by atoms with Crippen molar-refractivity contribution >= 4 is 66.1 Å². The molecule has 1 aromatic heterocycles. The fourth-order valence-electron chi connectivity index (χ4n) is 1.98. The maximum Gasteiger partial charge on any atom is 0.290 e. The number of carbonyl (C=O) groups is 1. The summed E-state index contributed by atoms with van der Waals surface area (Å²) in [4.78, 5) is 12.1. The molecular formula is C15H13Br2N2OS+. The van der Waals surface area contributed by atoms with Crippen molar-refractivity contribution < 1.29 is 9.36 Å². The Bertz CT molecular complexity index is 756. The molecule has 0 atom stereocenters. The highest BCUT2D eigenvalue weighted by Gasteiger charge is 2.15. The highest BCUT2D eigenvalue weighted by molar-refractivity contribution is 9.10. The molecule has 6 heteroatoms. The summed E-state index contributed by atoms with van der Waals surface area (Å²) in [6.45, 7) is 0.320. The molecule has 3 nitrogen and oxygen atoms in total. The van der Waals surface area contributed by atoms with Gasteiger partial charge in [-0.2, -0.15) is 4.57 Å². The van der Waals surface area contributed by atoms with Crippen molar-refractivity contribution in [3.8, 4) is 0 Å². The molecule has 0 unspecified atom stereocenters. The van der Waals surface area contributed by atoms with Crippen LogP contribution in [0.2, 0.25) is 0 Å². The summed E-state index contributed by atoms with van der Waals surface area (Å²) in [5.41, 5.74) is 3.87. The minimum atomic E-state index is -0.0270. The molecule has 108 valence electrons. The predicted molar refractivity (Wildman–Crippen MR) is 95.1 cm³/mol. The lowest BCUT2D eigenvalue weighted by atomic mass is 10.3. The van der Waals surface area contributed by atoms with Crippen LogP contribution in [0.25, 0.3) is 10.2 Å². The maximum absolute atomic E-state index is 12.1. The number of aromatic nitrogens is 1. The van der Waals surface area contributed by atoms with E-state index in [1.807, 2.05) is 52.5 Å². The highest BCUT2D eigenvalue weighted by atomic mass is 79.9. The average Bonchev–Trinajstić information content (AvgIpc) is 2.85. The van der Waals surface area contributed by atoms with Gasteiger partial charge in [0.15, 0.2) is 0 Å². The highest BCUT2D eigenvalue weighted by Crippen LogP contribution is 2.16. The quantitative estimate of drug-likeness (QED) is 0.624. The fourth-order valence-corrected chi connectivity index (χ4v) is 3.14. The number of para-hydroxylation sites is 1. The zero-order valence-electron chi connectivity index (χ0n) is 11.0. The summed E-state index contributed by atoms with van der Waals surface area (Å²) in [5, 5.41) is 2.90. The average molecular weight is 429 g/mol. The molecular weight excluding hydrogens is 416 g/mol. The minimum absolute atomic E-state index is 0. The van der Waals surface area contributed by atoms with E-state index in [1.54, 1.807) is 11.3 Å². The molecule has 1 N–H and O–H groups in total. The smallest absolute Gasteiger partial charge is 0.290 e. The number of fused-ring (bicyclic) bond motifs is 1. The first-order chi connectivity index (χ1) is 9.72. The van der Waals surface area contributed by atoms with Gasteiger partial charge in [-0.3, -0.25) is 4.79 Å². The van der Waals surface area contributed by atoms with Crippen LogP contribution in [0.5, 0.6) is 0 Å². The van der Waals surface area contributed by atoms with Crippen LogP contribution in [-0.4, -0.2) is 5.91 Å². The number of hydrogen-bond donors (Lipinski definition) is 1. The largest absolute Gasteiger partial charge is 0.321 e. The number of amides is 1. The lowest BCUT2D eigenvalue weighted by molar-refractivity contribution is -0.653. The van der Waals surface area contributed by atoms with Gasteiger partial charge in [0, 0.05) is 16.2 Å². The van der Waals surface area contributed by atoms with Crippen LogP contribution in [-0.2, 0) is 11.3 Å². The van der Waals surface area contributed by atoms with E-state index in [1.165, 1.54) is 4.70 Å². The monoisotopic (exact) mass is 427 g/mol. The number of thiazole rings is 1. The third kappa shape index (κ3) is 3.90. The van der Waals surface area contributed by atoms with Crippen LogP contribution in [0.1, 0.15) is 0 Å². The molecule has 0 saturated heterocycles. The summed E-state index contributed by atoms with van der Waals surface area (Å²) >= 11 is 5.01. The zero-order valence-corrected chi connectivity index (χ0v) is 15.1. The molecule has 0 aliphatic heterocycles. The first-order valence-corrected chi connectivity index (χ1v) is 7.81. The van der Waals surface area contributed by atoms with E-state index >= 15 is 0 Å². The van der Waals surface area contributed by atoms with Gasteiger partial charge in [-0.15, -0.1) is 17.0 Å². The summed E-state index contributed by atoms with van der Waals surface area (Å²) < 4.78 is 4.14. The van der Waals surface area contributed by atoms with Crippen molar-refractivity contribution in [3.05, 3.63) is 58.5 Å². The third-order valence-corrected chi connectivity index (χ3v) is 4.41. The second-order valence-corrected chi connectivity index (χ2v) is 6.18. The molecule has 2 aromatic carbocycles. The van der Waals surface area contributed by atoms with Crippen molar-refractivity contribution in [1.82, 2.24) is 0 Å². The van der Waals surface area contributed by atoms with Gasteiger partial charge in [0.1, 0.15) is 4.70 Å².